The molecule has 17 heavy (non-hydrogen) atoms. The normalized spacial score (nSPS) is 24.1. The molecule has 1 fully saturated rings. The summed E-state index contributed by atoms with van der Waals surface area (Å²) in [5.74, 6) is 1.70. The van der Waals surface area contributed by atoms with Gasteiger partial charge in [-0.15, -0.1) is 0 Å². The van der Waals surface area contributed by atoms with Gasteiger partial charge in [0.1, 0.15) is 0 Å². The molecule has 0 aliphatic carbocycles. The molecule has 1 aliphatic rings. The Morgan fingerprint density at radius 3 is 2.88 bits per heavy atom. The highest BCUT2D eigenvalue weighted by Crippen LogP contribution is 2.27. The van der Waals surface area contributed by atoms with Crippen LogP contribution in [0.15, 0.2) is 29.0 Å². The van der Waals surface area contributed by atoms with E-state index < -0.39 is 0 Å². The molecule has 0 spiro atoms. The number of nitrogens with zero attached hydrogens (tertiary/aromatic N) is 3. The molecule has 88 valence electrons. The second kappa shape index (κ2) is 4.25. The Bertz CT molecular complexity index is 496. The highest BCUT2D eigenvalue weighted by molar-refractivity contribution is 5.52. The minimum absolute atomic E-state index is 0.332. The van der Waals surface area contributed by atoms with Crippen LogP contribution in [-0.2, 0) is 0 Å². The van der Waals surface area contributed by atoms with Crippen molar-refractivity contribution in [2.75, 3.05) is 6.54 Å². The van der Waals surface area contributed by atoms with Crippen LogP contribution in [0.3, 0.4) is 0 Å². The smallest absolute Gasteiger partial charge is 0.231 e. The molecule has 2 aromatic heterocycles. The molecule has 1 aliphatic heterocycles. The average Bonchev–Trinajstić information content (AvgIpc) is 2.98. The summed E-state index contributed by atoms with van der Waals surface area (Å²) in [5, 5.41) is 7.40. The zero-order valence-corrected chi connectivity index (χ0v) is 9.63. The van der Waals surface area contributed by atoms with Crippen molar-refractivity contribution in [2.24, 2.45) is 0 Å². The lowest BCUT2D eigenvalue weighted by Crippen LogP contribution is -2.21. The van der Waals surface area contributed by atoms with Crippen molar-refractivity contribution >= 4 is 0 Å². The van der Waals surface area contributed by atoms with Crippen LogP contribution in [0, 0.1) is 0 Å². The molecule has 0 amide bonds. The quantitative estimate of drug-likeness (QED) is 0.848. The first-order valence-corrected chi connectivity index (χ1v) is 5.82. The van der Waals surface area contributed by atoms with E-state index in [4.69, 9.17) is 4.52 Å². The van der Waals surface area contributed by atoms with Crippen LogP contribution in [0.1, 0.15) is 25.2 Å². The van der Waals surface area contributed by atoms with Crippen LogP contribution in [0.2, 0.25) is 0 Å². The first-order chi connectivity index (χ1) is 8.34. The lowest BCUT2D eigenvalue weighted by atomic mass is 10.0. The summed E-state index contributed by atoms with van der Waals surface area (Å²) in [6.45, 7) is 3.16. The Kier molecular flexibility index (Phi) is 2.60. The summed E-state index contributed by atoms with van der Waals surface area (Å²) >= 11 is 0. The Morgan fingerprint density at radius 1 is 1.35 bits per heavy atom. The van der Waals surface area contributed by atoms with Gasteiger partial charge in [-0.2, -0.15) is 4.98 Å². The molecule has 1 N–H and O–H groups in total. The van der Waals surface area contributed by atoms with Crippen molar-refractivity contribution < 1.29 is 4.52 Å². The third-order valence-electron chi connectivity index (χ3n) is 3.22. The van der Waals surface area contributed by atoms with Crippen LogP contribution >= 0.6 is 0 Å². The number of nitrogens with one attached hydrogen (secondary N) is 1. The lowest BCUT2D eigenvalue weighted by Gasteiger charge is -2.08. The van der Waals surface area contributed by atoms with E-state index in [-0.39, 0.29) is 0 Å². The molecule has 3 heterocycles. The van der Waals surface area contributed by atoms with Gasteiger partial charge in [-0.1, -0.05) is 5.16 Å². The maximum absolute atomic E-state index is 5.35. The van der Waals surface area contributed by atoms with Crippen molar-refractivity contribution in [3.63, 3.8) is 0 Å². The molecule has 5 nitrogen and oxygen atoms in total. The van der Waals surface area contributed by atoms with Crippen molar-refractivity contribution in [2.45, 2.75) is 25.3 Å². The number of aromatic nitrogens is 3. The van der Waals surface area contributed by atoms with Gasteiger partial charge in [-0.25, -0.2) is 0 Å². The maximum Gasteiger partial charge on any atom is 0.231 e. The van der Waals surface area contributed by atoms with Gasteiger partial charge in [-0.3, -0.25) is 4.98 Å². The predicted molar refractivity (Wildman–Crippen MR) is 62.4 cm³/mol. The number of pyridine rings is 1. The van der Waals surface area contributed by atoms with E-state index in [0.29, 0.717) is 17.8 Å². The van der Waals surface area contributed by atoms with Gasteiger partial charge in [0.15, 0.2) is 0 Å². The molecule has 2 atom stereocenters. The van der Waals surface area contributed by atoms with Gasteiger partial charge < -0.3 is 9.84 Å². The Morgan fingerprint density at radius 2 is 2.18 bits per heavy atom. The molecule has 3 rings (SSSR count). The molecule has 1 saturated heterocycles. The van der Waals surface area contributed by atoms with Crippen LogP contribution < -0.4 is 5.32 Å². The topological polar surface area (TPSA) is 63.8 Å². The van der Waals surface area contributed by atoms with Crippen molar-refractivity contribution in [1.82, 2.24) is 20.4 Å². The average molecular weight is 230 g/mol. The standard InChI is InChI=1S/C12H14N4O/c1-8-10(4-7-14-8)12-15-11(16-17-12)9-2-5-13-6-3-9/h2-3,5-6,8,10,14H,4,7H2,1H3. The van der Waals surface area contributed by atoms with Crippen molar-refractivity contribution in [3.05, 3.63) is 30.4 Å². The summed E-state index contributed by atoms with van der Waals surface area (Å²) in [5.41, 5.74) is 0.939. The third kappa shape index (κ3) is 1.93. The van der Waals surface area contributed by atoms with Gasteiger partial charge >= 0.3 is 0 Å². The fourth-order valence-electron chi connectivity index (χ4n) is 2.20. The van der Waals surface area contributed by atoms with E-state index in [1.807, 2.05) is 12.1 Å². The first kappa shape index (κ1) is 10.4. The zero-order chi connectivity index (χ0) is 11.7. The summed E-state index contributed by atoms with van der Waals surface area (Å²) in [6.07, 6.45) is 4.51. The minimum Gasteiger partial charge on any atom is -0.339 e. The van der Waals surface area contributed by atoms with Crippen LogP contribution in [0.5, 0.6) is 0 Å². The largest absolute Gasteiger partial charge is 0.339 e. The predicted octanol–water partition coefficient (Wildman–Crippen LogP) is 1.60. The fourth-order valence-corrected chi connectivity index (χ4v) is 2.20. The van der Waals surface area contributed by atoms with Crippen molar-refractivity contribution in [1.29, 1.82) is 0 Å². The number of rotatable bonds is 2. The molecule has 0 aromatic carbocycles. The summed E-state index contributed by atoms with van der Waals surface area (Å²) in [4.78, 5) is 8.44. The molecule has 0 bridgehead atoms. The van der Waals surface area contributed by atoms with Crippen LogP contribution in [-0.4, -0.2) is 27.7 Å². The van der Waals surface area contributed by atoms with E-state index in [2.05, 4.69) is 27.4 Å². The highest BCUT2D eigenvalue weighted by Gasteiger charge is 2.29. The van der Waals surface area contributed by atoms with E-state index in [0.717, 1.165) is 24.4 Å². The monoisotopic (exact) mass is 230 g/mol. The van der Waals surface area contributed by atoms with E-state index in [1.54, 1.807) is 12.4 Å². The third-order valence-corrected chi connectivity index (χ3v) is 3.22. The lowest BCUT2D eigenvalue weighted by molar-refractivity contribution is 0.345. The second-order valence-electron chi connectivity index (χ2n) is 4.33. The Labute approximate surface area is 99.3 Å². The Balaban J connectivity index is 1.88. The highest BCUT2D eigenvalue weighted by atomic mass is 16.5. The summed E-state index contributed by atoms with van der Waals surface area (Å²) in [7, 11) is 0. The SMILES string of the molecule is CC1NCCC1c1nc(-c2ccncc2)no1. The number of hydrogen-bond acceptors (Lipinski definition) is 5. The summed E-state index contributed by atoms with van der Waals surface area (Å²) < 4.78 is 5.35. The number of hydrogen-bond donors (Lipinski definition) is 1. The molecular formula is C12H14N4O. The molecule has 5 heteroatoms. The van der Waals surface area contributed by atoms with E-state index >= 15 is 0 Å². The maximum atomic E-state index is 5.35. The van der Waals surface area contributed by atoms with Crippen molar-refractivity contribution in [3.8, 4) is 11.4 Å². The van der Waals surface area contributed by atoms with Gasteiger partial charge in [0.25, 0.3) is 0 Å². The van der Waals surface area contributed by atoms with Gasteiger partial charge in [0, 0.05) is 24.0 Å². The van der Waals surface area contributed by atoms with Crippen LogP contribution in [0.25, 0.3) is 11.4 Å². The van der Waals surface area contributed by atoms with Crippen LogP contribution in [0.4, 0.5) is 0 Å². The molecule has 2 unspecified atom stereocenters. The summed E-state index contributed by atoms with van der Waals surface area (Å²) in [6, 6.07) is 4.16. The van der Waals surface area contributed by atoms with Gasteiger partial charge in [-0.05, 0) is 32.0 Å². The van der Waals surface area contributed by atoms with Gasteiger partial charge in [0.2, 0.25) is 11.7 Å². The zero-order valence-electron chi connectivity index (χ0n) is 9.63. The van der Waals surface area contributed by atoms with Gasteiger partial charge in [0.05, 0.1) is 5.92 Å². The first-order valence-electron chi connectivity index (χ1n) is 5.82. The Hall–Kier alpha value is -1.75. The second-order valence-corrected chi connectivity index (χ2v) is 4.33. The molecular weight excluding hydrogens is 216 g/mol. The molecule has 0 saturated carbocycles. The molecule has 2 aromatic rings. The fraction of sp³-hybridized carbons (Fsp3) is 0.417. The van der Waals surface area contributed by atoms with E-state index in [1.165, 1.54) is 0 Å². The molecule has 0 radical (unpaired) electrons. The minimum atomic E-state index is 0.332. The van der Waals surface area contributed by atoms with E-state index in [9.17, 15) is 0 Å².